The Hall–Kier alpha value is -3.50. The van der Waals surface area contributed by atoms with E-state index in [0.717, 1.165) is 91.5 Å². The number of nitrogens with two attached hydrogens (primary N) is 1. The first-order chi connectivity index (χ1) is 18.4. The summed E-state index contributed by atoms with van der Waals surface area (Å²) >= 11 is 0. The van der Waals surface area contributed by atoms with Crippen LogP contribution in [0.3, 0.4) is 0 Å². The Morgan fingerprint density at radius 1 is 1.11 bits per heavy atom. The highest BCUT2D eigenvalue weighted by molar-refractivity contribution is 5.81. The molecule has 0 aromatic carbocycles. The third kappa shape index (κ3) is 4.98. The third-order valence-electron chi connectivity index (χ3n) is 7.62. The van der Waals surface area contributed by atoms with Crippen molar-refractivity contribution in [3.05, 3.63) is 43.0 Å². The highest BCUT2D eigenvalue weighted by Gasteiger charge is 2.29. The molecule has 0 unspecified atom stereocenters. The van der Waals surface area contributed by atoms with Crippen molar-refractivity contribution < 1.29 is 4.74 Å². The highest BCUT2D eigenvalue weighted by Crippen LogP contribution is 2.36. The van der Waals surface area contributed by atoms with E-state index < -0.39 is 0 Å². The SMILES string of the molecule is CC(C)n1ncc2ccc(Nc3cc(N4CCC[C@](C)(N)C4)c(-c4cnn(C5CCOCC5)c4)cn3)nc21. The lowest BCUT2D eigenvalue weighted by Crippen LogP contribution is -2.52. The zero-order chi connectivity index (χ0) is 26.3. The number of pyridine rings is 2. The number of nitrogens with zero attached hydrogens (tertiary/aromatic N) is 7. The van der Waals surface area contributed by atoms with Gasteiger partial charge in [-0.15, -0.1) is 0 Å². The van der Waals surface area contributed by atoms with Gasteiger partial charge in [0.05, 0.1) is 18.4 Å². The number of hydrogen-bond acceptors (Lipinski definition) is 8. The molecule has 2 fully saturated rings. The minimum atomic E-state index is -0.236. The molecule has 6 rings (SSSR count). The summed E-state index contributed by atoms with van der Waals surface area (Å²) in [5.41, 5.74) is 10.5. The van der Waals surface area contributed by atoms with Crippen molar-refractivity contribution in [2.45, 2.75) is 64.1 Å². The van der Waals surface area contributed by atoms with Gasteiger partial charge in [-0.05, 0) is 58.6 Å². The fourth-order valence-corrected chi connectivity index (χ4v) is 5.60. The molecule has 0 amide bonds. The second kappa shape index (κ2) is 9.99. The molecule has 0 spiro atoms. The van der Waals surface area contributed by atoms with Crippen LogP contribution in [-0.2, 0) is 4.74 Å². The number of piperidine rings is 1. The number of ether oxygens (including phenoxy) is 1. The van der Waals surface area contributed by atoms with Gasteiger partial charge in [0.25, 0.3) is 0 Å². The van der Waals surface area contributed by atoms with Gasteiger partial charge in [-0.1, -0.05) is 0 Å². The normalized spacial score (nSPS) is 20.9. The summed E-state index contributed by atoms with van der Waals surface area (Å²) in [6.45, 7) is 9.66. The smallest absolute Gasteiger partial charge is 0.160 e. The number of nitrogens with one attached hydrogen (secondary N) is 1. The van der Waals surface area contributed by atoms with Gasteiger partial charge in [0.2, 0.25) is 0 Å². The van der Waals surface area contributed by atoms with E-state index in [1.807, 2.05) is 35.4 Å². The molecule has 2 saturated heterocycles. The van der Waals surface area contributed by atoms with Gasteiger partial charge < -0.3 is 20.7 Å². The quantitative estimate of drug-likeness (QED) is 0.381. The molecule has 10 heteroatoms. The highest BCUT2D eigenvalue weighted by atomic mass is 16.5. The van der Waals surface area contributed by atoms with E-state index in [0.29, 0.717) is 6.04 Å². The van der Waals surface area contributed by atoms with E-state index in [4.69, 9.17) is 25.5 Å². The largest absolute Gasteiger partial charge is 0.381 e. The summed E-state index contributed by atoms with van der Waals surface area (Å²) < 4.78 is 9.57. The summed E-state index contributed by atoms with van der Waals surface area (Å²) in [6, 6.07) is 6.73. The first-order valence-corrected chi connectivity index (χ1v) is 13.6. The van der Waals surface area contributed by atoms with Gasteiger partial charge in [0.15, 0.2) is 5.65 Å². The lowest BCUT2D eigenvalue weighted by Gasteiger charge is -2.40. The Bertz CT molecular complexity index is 1420. The van der Waals surface area contributed by atoms with E-state index in [-0.39, 0.29) is 11.6 Å². The monoisotopic (exact) mass is 515 g/mol. The van der Waals surface area contributed by atoms with Crippen LogP contribution >= 0.6 is 0 Å². The van der Waals surface area contributed by atoms with E-state index in [2.05, 4.69) is 53.0 Å². The van der Waals surface area contributed by atoms with Crippen LogP contribution in [-0.4, -0.2) is 61.4 Å². The summed E-state index contributed by atoms with van der Waals surface area (Å²) in [5, 5.41) is 13.7. The molecule has 1 atom stereocenters. The van der Waals surface area contributed by atoms with Gasteiger partial charge in [-0.25, -0.2) is 14.6 Å². The second-order valence-corrected chi connectivity index (χ2v) is 11.2. The van der Waals surface area contributed by atoms with E-state index in [1.165, 1.54) is 0 Å². The molecule has 200 valence electrons. The fourth-order valence-electron chi connectivity index (χ4n) is 5.60. The Balaban J connectivity index is 1.34. The van der Waals surface area contributed by atoms with Crippen molar-refractivity contribution in [1.29, 1.82) is 0 Å². The first kappa shape index (κ1) is 24.8. The molecule has 4 aromatic heterocycles. The predicted molar refractivity (Wildman–Crippen MR) is 150 cm³/mol. The number of hydrogen-bond donors (Lipinski definition) is 2. The predicted octanol–water partition coefficient (Wildman–Crippen LogP) is 4.68. The molecule has 4 aromatic rings. The maximum atomic E-state index is 6.62. The average Bonchev–Trinajstić information content (AvgIpc) is 3.56. The Morgan fingerprint density at radius 2 is 1.95 bits per heavy atom. The number of anilines is 3. The Labute approximate surface area is 223 Å². The standard InChI is InChI=1S/C28H37N9O/c1-19(2)37-27-20(14-32-37)5-6-25(34-27)33-26-13-24(35-10-4-9-28(3,29)18-35)23(16-30-26)21-15-31-36(17-21)22-7-11-38-12-8-22/h5-6,13-17,19,22H,4,7-12,18,29H2,1-3H3,(H,30,33,34)/t28-/m0/s1. The van der Waals surface area contributed by atoms with Crippen LogP contribution in [0.4, 0.5) is 17.3 Å². The van der Waals surface area contributed by atoms with Crippen LogP contribution in [0.5, 0.6) is 0 Å². The third-order valence-corrected chi connectivity index (χ3v) is 7.62. The first-order valence-electron chi connectivity index (χ1n) is 13.6. The topological polar surface area (TPSA) is 112 Å². The number of aromatic nitrogens is 6. The van der Waals surface area contributed by atoms with Crippen LogP contribution in [0, 0.1) is 0 Å². The van der Waals surface area contributed by atoms with Crippen LogP contribution < -0.4 is 16.0 Å². The zero-order valence-corrected chi connectivity index (χ0v) is 22.5. The molecule has 6 heterocycles. The van der Waals surface area contributed by atoms with Gasteiger partial charge in [-0.3, -0.25) is 4.68 Å². The molecule has 0 saturated carbocycles. The average molecular weight is 516 g/mol. The molecular formula is C28H37N9O. The summed E-state index contributed by atoms with van der Waals surface area (Å²) in [4.78, 5) is 12.0. The van der Waals surface area contributed by atoms with Crippen molar-refractivity contribution in [3.63, 3.8) is 0 Å². The summed E-state index contributed by atoms with van der Waals surface area (Å²) in [7, 11) is 0. The van der Waals surface area contributed by atoms with Crippen molar-refractivity contribution in [3.8, 4) is 11.1 Å². The van der Waals surface area contributed by atoms with Crippen LogP contribution in [0.25, 0.3) is 22.2 Å². The molecule has 0 bridgehead atoms. The second-order valence-electron chi connectivity index (χ2n) is 11.2. The molecule has 2 aliphatic rings. The van der Waals surface area contributed by atoms with Crippen molar-refractivity contribution in [2.75, 3.05) is 36.5 Å². The number of fused-ring (bicyclic) bond motifs is 1. The van der Waals surface area contributed by atoms with Crippen LogP contribution in [0.2, 0.25) is 0 Å². The minimum Gasteiger partial charge on any atom is -0.381 e. The van der Waals surface area contributed by atoms with E-state index in [9.17, 15) is 0 Å². The van der Waals surface area contributed by atoms with Crippen molar-refractivity contribution in [2.24, 2.45) is 5.73 Å². The lowest BCUT2D eigenvalue weighted by molar-refractivity contribution is 0.0662. The van der Waals surface area contributed by atoms with E-state index in [1.54, 1.807) is 0 Å². The van der Waals surface area contributed by atoms with Crippen molar-refractivity contribution in [1.82, 2.24) is 29.5 Å². The maximum absolute atomic E-state index is 6.62. The zero-order valence-electron chi connectivity index (χ0n) is 22.5. The Morgan fingerprint density at radius 3 is 2.74 bits per heavy atom. The number of rotatable bonds is 6. The fraction of sp³-hybridized carbons (Fsp3) is 0.500. The van der Waals surface area contributed by atoms with Crippen LogP contribution in [0.15, 0.2) is 43.0 Å². The van der Waals surface area contributed by atoms with Gasteiger partial charge in [0, 0.05) is 78.5 Å². The van der Waals surface area contributed by atoms with Gasteiger partial charge >= 0.3 is 0 Å². The van der Waals surface area contributed by atoms with Gasteiger partial charge in [-0.2, -0.15) is 10.2 Å². The molecule has 2 aliphatic heterocycles. The van der Waals surface area contributed by atoms with Gasteiger partial charge in [0.1, 0.15) is 11.6 Å². The molecule has 10 nitrogen and oxygen atoms in total. The minimum absolute atomic E-state index is 0.228. The maximum Gasteiger partial charge on any atom is 0.160 e. The molecular weight excluding hydrogens is 478 g/mol. The summed E-state index contributed by atoms with van der Waals surface area (Å²) in [5.74, 6) is 1.48. The Kier molecular flexibility index (Phi) is 6.53. The molecule has 38 heavy (non-hydrogen) atoms. The summed E-state index contributed by atoms with van der Waals surface area (Å²) in [6.07, 6.45) is 12.0. The van der Waals surface area contributed by atoms with E-state index >= 15 is 0 Å². The lowest BCUT2D eigenvalue weighted by atomic mass is 9.91. The molecule has 0 radical (unpaired) electrons. The molecule has 3 N–H and O–H groups in total. The van der Waals surface area contributed by atoms with Crippen molar-refractivity contribution >= 4 is 28.4 Å². The molecule has 0 aliphatic carbocycles. The van der Waals surface area contributed by atoms with Crippen LogP contribution in [0.1, 0.15) is 58.5 Å².